The van der Waals surface area contributed by atoms with Crippen molar-refractivity contribution in [2.24, 2.45) is 0 Å². The summed E-state index contributed by atoms with van der Waals surface area (Å²) in [4.78, 5) is 0. The molecule has 0 fully saturated rings. The van der Waals surface area contributed by atoms with Crippen molar-refractivity contribution in [2.75, 3.05) is 0 Å². The van der Waals surface area contributed by atoms with Gasteiger partial charge in [0.05, 0.1) is 0 Å². The molecule has 0 spiro atoms. The van der Waals surface area contributed by atoms with E-state index in [2.05, 4.69) is 0 Å². The van der Waals surface area contributed by atoms with E-state index in [0.29, 0.717) is 0 Å². The maximum Gasteiger partial charge on any atom is 1.00 e. The smallest absolute Gasteiger partial charge is 1.00 e. The SMILES string of the molecule is [CH3-].[Cu+].[H-].[Li+].[SiH4]. The molecule has 0 aromatic heterocycles. The molecule has 28 valence electrons. The Morgan fingerprint density at radius 1 is 1.25 bits per heavy atom. The molecule has 0 nitrogen and oxygen atoms in total. The van der Waals surface area contributed by atoms with Crippen molar-refractivity contribution < 1.29 is 37.4 Å². The largest absolute Gasteiger partial charge is 1.00 e. The predicted octanol–water partition coefficient (Wildman–Crippen LogP) is -3.89. The van der Waals surface area contributed by atoms with Gasteiger partial charge in [-0.25, -0.2) is 0 Å². The van der Waals surface area contributed by atoms with Crippen LogP contribution in [0.2, 0.25) is 0 Å². The van der Waals surface area contributed by atoms with E-state index in [4.69, 9.17) is 0 Å². The Morgan fingerprint density at radius 3 is 1.25 bits per heavy atom. The van der Waals surface area contributed by atoms with Crippen LogP contribution in [0.4, 0.5) is 0 Å². The van der Waals surface area contributed by atoms with Crippen LogP contribution < -0.4 is 18.9 Å². The summed E-state index contributed by atoms with van der Waals surface area (Å²) in [5.41, 5.74) is 0. The van der Waals surface area contributed by atoms with Crippen LogP contribution in [0, 0.1) is 7.43 Å². The van der Waals surface area contributed by atoms with E-state index in [1.54, 1.807) is 0 Å². The van der Waals surface area contributed by atoms with Gasteiger partial charge in [-0.2, -0.15) is 0 Å². The van der Waals surface area contributed by atoms with Crippen molar-refractivity contribution in [2.45, 2.75) is 0 Å². The first kappa shape index (κ1) is 56.3. The van der Waals surface area contributed by atoms with Gasteiger partial charge >= 0.3 is 35.9 Å². The topological polar surface area (TPSA) is 0 Å². The zero-order chi connectivity index (χ0) is 0. The van der Waals surface area contributed by atoms with Crippen molar-refractivity contribution >= 4 is 11.0 Å². The van der Waals surface area contributed by atoms with Crippen LogP contribution in [-0.2, 0) is 17.1 Å². The third kappa shape index (κ3) is 10.2. The average molecular weight is 119 g/mol. The molecule has 0 aliphatic heterocycles. The van der Waals surface area contributed by atoms with E-state index in [0.717, 1.165) is 0 Å². The molecule has 0 aliphatic rings. The minimum Gasteiger partial charge on any atom is -1.00 e. The monoisotopic (exact) mass is 118 g/mol. The summed E-state index contributed by atoms with van der Waals surface area (Å²) in [6, 6.07) is 0. The second-order valence-electron chi connectivity index (χ2n) is 0. The van der Waals surface area contributed by atoms with E-state index >= 15 is 0 Å². The number of hydrogen-bond donors (Lipinski definition) is 0. The molecule has 0 amide bonds. The van der Waals surface area contributed by atoms with E-state index in [-0.39, 0.29) is 55.7 Å². The van der Waals surface area contributed by atoms with Gasteiger partial charge in [0.2, 0.25) is 0 Å². The zero-order valence-electron chi connectivity index (χ0n) is 3.30. The van der Waals surface area contributed by atoms with Crippen LogP contribution in [0.5, 0.6) is 0 Å². The standard InChI is InChI=1S/CH3.Cu.Li.H4Si.H/h1H3;;;1H4;/q-1;2*+1;;-1. The van der Waals surface area contributed by atoms with E-state index < -0.39 is 0 Å². The van der Waals surface area contributed by atoms with Gasteiger partial charge in [-0.05, 0) is 11.0 Å². The van der Waals surface area contributed by atoms with Crippen LogP contribution in [0.3, 0.4) is 0 Å². The van der Waals surface area contributed by atoms with Gasteiger partial charge in [0.1, 0.15) is 0 Å². The number of hydrogen-bond acceptors (Lipinski definition) is 0. The Hall–Kier alpha value is 1.33. The minimum atomic E-state index is 0. The van der Waals surface area contributed by atoms with Crippen molar-refractivity contribution in [1.29, 1.82) is 0 Å². The molecule has 0 aromatic rings. The second kappa shape index (κ2) is 27.1. The maximum atomic E-state index is 0. The summed E-state index contributed by atoms with van der Waals surface area (Å²) >= 11 is 0. The minimum absolute atomic E-state index is 0. The predicted molar refractivity (Wildman–Crippen MR) is 18.9 cm³/mol. The Labute approximate surface area is 55.9 Å². The average Bonchev–Trinajstić information content (AvgIpc) is 0. The molecule has 0 rings (SSSR count). The third-order valence-corrected chi connectivity index (χ3v) is 0. The molecule has 0 aliphatic carbocycles. The first-order valence-corrected chi connectivity index (χ1v) is 0. The zero-order valence-corrected chi connectivity index (χ0v) is 3.24. The van der Waals surface area contributed by atoms with Gasteiger partial charge in [0.25, 0.3) is 0 Å². The summed E-state index contributed by atoms with van der Waals surface area (Å²) in [5, 5.41) is 0. The van der Waals surface area contributed by atoms with E-state index in [1.165, 1.54) is 0 Å². The summed E-state index contributed by atoms with van der Waals surface area (Å²) in [6.07, 6.45) is 0. The Morgan fingerprint density at radius 2 is 1.25 bits per heavy atom. The Kier molecular flexibility index (Phi) is 381. The molecule has 3 heteroatoms. The molecule has 0 heterocycles. The molecular formula is CH8CuLiSi. The van der Waals surface area contributed by atoms with Gasteiger partial charge in [0, 0.05) is 0 Å². The fraction of sp³-hybridized carbons (Fsp3) is 0. The molecule has 0 aromatic carbocycles. The van der Waals surface area contributed by atoms with Gasteiger partial charge in [0.15, 0.2) is 0 Å². The third-order valence-electron chi connectivity index (χ3n) is 0. The Balaban J connectivity index is 0. The molecule has 0 saturated heterocycles. The molecule has 0 atom stereocenters. The first-order chi connectivity index (χ1) is 0. The molecule has 0 radical (unpaired) electrons. The van der Waals surface area contributed by atoms with Crippen LogP contribution in [0.1, 0.15) is 1.43 Å². The van der Waals surface area contributed by atoms with E-state index in [1.807, 2.05) is 0 Å². The van der Waals surface area contributed by atoms with Crippen LogP contribution >= 0.6 is 0 Å². The van der Waals surface area contributed by atoms with Crippen molar-refractivity contribution in [3.8, 4) is 0 Å². The van der Waals surface area contributed by atoms with Crippen molar-refractivity contribution in [3.63, 3.8) is 0 Å². The van der Waals surface area contributed by atoms with Gasteiger partial charge in [-0.1, -0.05) is 0 Å². The first-order valence-electron chi connectivity index (χ1n) is 0. The fourth-order valence-electron chi connectivity index (χ4n) is 0. The quantitative estimate of drug-likeness (QED) is 0.226. The normalized spacial score (nSPS) is 0. The number of rotatable bonds is 0. The van der Waals surface area contributed by atoms with Crippen LogP contribution in [0.15, 0.2) is 0 Å². The van der Waals surface area contributed by atoms with Crippen molar-refractivity contribution in [1.82, 2.24) is 0 Å². The second-order valence-corrected chi connectivity index (χ2v) is 0. The van der Waals surface area contributed by atoms with Gasteiger partial charge in [-0.3, -0.25) is 0 Å². The maximum absolute atomic E-state index is 0. The Bertz CT molecular complexity index is 11.6. The summed E-state index contributed by atoms with van der Waals surface area (Å²) in [5.74, 6) is 0. The van der Waals surface area contributed by atoms with Crippen LogP contribution in [0.25, 0.3) is 0 Å². The summed E-state index contributed by atoms with van der Waals surface area (Å²) in [6.45, 7) is 0. The van der Waals surface area contributed by atoms with Gasteiger partial charge in [-0.15, -0.1) is 0 Å². The molecule has 0 unspecified atom stereocenters. The molecule has 4 heavy (non-hydrogen) atoms. The molecular weight excluding hydrogens is 111 g/mol. The summed E-state index contributed by atoms with van der Waals surface area (Å²) in [7, 11) is 0. The van der Waals surface area contributed by atoms with E-state index in [9.17, 15) is 0 Å². The van der Waals surface area contributed by atoms with Crippen molar-refractivity contribution in [3.05, 3.63) is 7.43 Å². The molecule has 0 bridgehead atoms. The summed E-state index contributed by atoms with van der Waals surface area (Å²) < 4.78 is 0. The molecule has 0 N–H and O–H groups in total. The van der Waals surface area contributed by atoms with Crippen LogP contribution in [-0.4, -0.2) is 11.0 Å². The molecule has 0 saturated carbocycles. The van der Waals surface area contributed by atoms with Gasteiger partial charge < -0.3 is 8.85 Å². The fourth-order valence-corrected chi connectivity index (χ4v) is 0.